The summed E-state index contributed by atoms with van der Waals surface area (Å²) < 4.78 is 0. The van der Waals surface area contributed by atoms with Crippen LogP contribution in [-0.2, 0) is 6.42 Å². The van der Waals surface area contributed by atoms with Crippen molar-refractivity contribution < 1.29 is 4.79 Å². The standard InChI is InChI=1S/C24H28N4O2/c29-23-20-9-4-5-10-21(20)26-22(27-23)24(30)25-13-6-14-28-15-11-19(12-16-28)17-18-7-2-1-3-8-18/h1-5,7-10,19H,6,11-17H2,(H,25,30)(H,26,27,29). The zero-order valence-electron chi connectivity index (χ0n) is 17.1. The van der Waals surface area contributed by atoms with Crippen LogP contribution in [0.25, 0.3) is 10.9 Å². The predicted octanol–water partition coefficient (Wildman–Crippen LogP) is 3.00. The summed E-state index contributed by atoms with van der Waals surface area (Å²) in [5, 5.41) is 3.36. The molecule has 30 heavy (non-hydrogen) atoms. The minimum absolute atomic E-state index is 0.0698. The molecule has 1 saturated heterocycles. The quantitative estimate of drug-likeness (QED) is 0.594. The fraction of sp³-hybridized carbons (Fsp3) is 0.375. The number of likely N-dealkylation sites (tertiary alicyclic amines) is 1. The number of rotatable bonds is 7. The molecule has 1 fully saturated rings. The number of para-hydroxylation sites is 1. The SMILES string of the molecule is O=C(NCCCN1CCC(Cc2ccccc2)CC1)c1nc2ccccc2c(=O)[nH]1. The summed E-state index contributed by atoms with van der Waals surface area (Å²) in [7, 11) is 0. The monoisotopic (exact) mass is 404 g/mol. The first kappa shape index (κ1) is 20.3. The van der Waals surface area contributed by atoms with E-state index in [1.54, 1.807) is 24.3 Å². The van der Waals surface area contributed by atoms with Gasteiger partial charge in [0.15, 0.2) is 5.82 Å². The summed E-state index contributed by atoms with van der Waals surface area (Å²) in [5.41, 5.74) is 1.67. The number of aromatic nitrogens is 2. The first-order chi connectivity index (χ1) is 14.7. The second-order valence-corrected chi connectivity index (χ2v) is 8.02. The van der Waals surface area contributed by atoms with Crippen LogP contribution < -0.4 is 10.9 Å². The number of carbonyl (C=O) groups excluding carboxylic acids is 1. The van der Waals surface area contributed by atoms with E-state index >= 15 is 0 Å². The number of piperidine rings is 1. The lowest BCUT2D eigenvalue weighted by Crippen LogP contribution is -2.36. The van der Waals surface area contributed by atoms with Crippen LogP contribution >= 0.6 is 0 Å². The van der Waals surface area contributed by atoms with E-state index in [1.165, 1.54) is 24.8 Å². The minimum Gasteiger partial charge on any atom is -0.349 e. The normalized spacial score (nSPS) is 15.3. The molecule has 1 aromatic heterocycles. The predicted molar refractivity (Wildman–Crippen MR) is 119 cm³/mol. The molecule has 0 saturated carbocycles. The van der Waals surface area contributed by atoms with Crippen LogP contribution in [0, 0.1) is 5.92 Å². The van der Waals surface area contributed by atoms with Crippen LogP contribution in [0.1, 0.15) is 35.4 Å². The van der Waals surface area contributed by atoms with E-state index in [-0.39, 0.29) is 17.3 Å². The topological polar surface area (TPSA) is 78.1 Å². The van der Waals surface area contributed by atoms with E-state index in [4.69, 9.17) is 0 Å². The molecule has 156 valence electrons. The number of amides is 1. The van der Waals surface area contributed by atoms with Crippen molar-refractivity contribution in [3.05, 3.63) is 76.3 Å². The van der Waals surface area contributed by atoms with Gasteiger partial charge in [-0.1, -0.05) is 42.5 Å². The number of nitrogens with zero attached hydrogens (tertiary/aromatic N) is 2. The Balaban J connectivity index is 1.19. The lowest BCUT2D eigenvalue weighted by atomic mass is 9.90. The van der Waals surface area contributed by atoms with Gasteiger partial charge in [0.05, 0.1) is 10.9 Å². The third-order valence-corrected chi connectivity index (χ3v) is 5.84. The highest BCUT2D eigenvalue weighted by Crippen LogP contribution is 2.21. The number of aromatic amines is 1. The van der Waals surface area contributed by atoms with Crippen LogP contribution in [0.15, 0.2) is 59.4 Å². The number of carbonyl (C=O) groups is 1. The fourth-order valence-corrected chi connectivity index (χ4v) is 4.14. The maximum atomic E-state index is 12.4. The van der Waals surface area contributed by atoms with E-state index in [1.807, 2.05) is 0 Å². The molecule has 2 aromatic carbocycles. The molecular formula is C24H28N4O2. The lowest BCUT2D eigenvalue weighted by molar-refractivity contribution is 0.0940. The zero-order chi connectivity index (χ0) is 20.8. The molecule has 3 aromatic rings. The Morgan fingerprint density at radius 2 is 1.80 bits per heavy atom. The van der Waals surface area contributed by atoms with Crippen LogP contribution in [0.2, 0.25) is 0 Å². The maximum absolute atomic E-state index is 12.4. The molecule has 0 bridgehead atoms. The van der Waals surface area contributed by atoms with E-state index in [2.05, 4.69) is 50.5 Å². The Morgan fingerprint density at radius 3 is 2.60 bits per heavy atom. The number of hydrogen-bond donors (Lipinski definition) is 2. The molecule has 0 unspecified atom stereocenters. The summed E-state index contributed by atoms with van der Waals surface area (Å²) >= 11 is 0. The number of H-pyrrole nitrogens is 1. The minimum atomic E-state index is -0.334. The van der Waals surface area contributed by atoms with Gasteiger partial charge >= 0.3 is 0 Å². The Morgan fingerprint density at radius 1 is 1.07 bits per heavy atom. The molecule has 1 aliphatic heterocycles. The van der Waals surface area contributed by atoms with Crippen LogP contribution in [0.5, 0.6) is 0 Å². The third-order valence-electron chi connectivity index (χ3n) is 5.84. The molecule has 4 rings (SSSR count). The van der Waals surface area contributed by atoms with Gasteiger partial charge < -0.3 is 15.2 Å². The van der Waals surface area contributed by atoms with Crippen molar-refractivity contribution in [1.82, 2.24) is 20.2 Å². The van der Waals surface area contributed by atoms with E-state index in [9.17, 15) is 9.59 Å². The molecule has 2 N–H and O–H groups in total. The van der Waals surface area contributed by atoms with Gasteiger partial charge in [0.2, 0.25) is 0 Å². The van der Waals surface area contributed by atoms with Crippen molar-refractivity contribution in [3.8, 4) is 0 Å². The number of nitrogens with one attached hydrogen (secondary N) is 2. The molecule has 6 heteroatoms. The van der Waals surface area contributed by atoms with Crippen molar-refractivity contribution in [3.63, 3.8) is 0 Å². The van der Waals surface area contributed by atoms with Gasteiger partial charge in [-0.15, -0.1) is 0 Å². The summed E-state index contributed by atoms with van der Waals surface area (Å²) in [6.07, 6.45) is 4.50. The average Bonchev–Trinajstić information content (AvgIpc) is 2.78. The van der Waals surface area contributed by atoms with Gasteiger partial charge in [-0.25, -0.2) is 4.98 Å². The number of fused-ring (bicyclic) bond motifs is 1. The van der Waals surface area contributed by atoms with Crippen molar-refractivity contribution in [2.45, 2.75) is 25.7 Å². The van der Waals surface area contributed by atoms with Crippen molar-refractivity contribution in [2.75, 3.05) is 26.2 Å². The molecular weight excluding hydrogens is 376 g/mol. The average molecular weight is 405 g/mol. The zero-order valence-corrected chi connectivity index (χ0v) is 17.1. The van der Waals surface area contributed by atoms with Crippen molar-refractivity contribution >= 4 is 16.8 Å². The molecule has 0 atom stereocenters. The van der Waals surface area contributed by atoms with Gasteiger partial charge in [-0.2, -0.15) is 0 Å². The summed E-state index contributed by atoms with van der Waals surface area (Å²) in [6.45, 7) is 3.77. The van der Waals surface area contributed by atoms with Gasteiger partial charge in [0.25, 0.3) is 11.5 Å². The second-order valence-electron chi connectivity index (χ2n) is 8.02. The van der Waals surface area contributed by atoms with E-state index < -0.39 is 0 Å². The van der Waals surface area contributed by atoms with Gasteiger partial charge in [0.1, 0.15) is 0 Å². The van der Waals surface area contributed by atoms with Crippen molar-refractivity contribution in [2.24, 2.45) is 5.92 Å². The molecule has 0 spiro atoms. The lowest BCUT2D eigenvalue weighted by Gasteiger charge is -2.32. The fourth-order valence-electron chi connectivity index (χ4n) is 4.14. The molecule has 1 amide bonds. The largest absolute Gasteiger partial charge is 0.349 e. The Kier molecular flexibility index (Phi) is 6.54. The van der Waals surface area contributed by atoms with Gasteiger partial charge in [-0.3, -0.25) is 9.59 Å². The molecule has 2 heterocycles. The Bertz CT molecular complexity index is 1040. The van der Waals surface area contributed by atoms with Crippen LogP contribution in [-0.4, -0.2) is 47.0 Å². The first-order valence-electron chi connectivity index (χ1n) is 10.7. The maximum Gasteiger partial charge on any atom is 0.287 e. The Hall–Kier alpha value is -2.99. The van der Waals surface area contributed by atoms with E-state index in [0.717, 1.165) is 32.0 Å². The second kappa shape index (κ2) is 9.67. The van der Waals surface area contributed by atoms with E-state index in [0.29, 0.717) is 17.4 Å². The van der Waals surface area contributed by atoms with Crippen molar-refractivity contribution in [1.29, 1.82) is 0 Å². The summed E-state index contributed by atoms with van der Waals surface area (Å²) in [4.78, 5) is 33.8. The van der Waals surface area contributed by atoms with Gasteiger partial charge in [0, 0.05) is 6.54 Å². The molecule has 1 aliphatic rings. The molecule has 6 nitrogen and oxygen atoms in total. The molecule has 0 radical (unpaired) electrons. The van der Waals surface area contributed by atoms with Crippen LogP contribution in [0.4, 0.5) is 0 Å². The highest BCUT2D eigenvalue weighted by molar-refractivity contribution is 5.92. The highest BCUT2D eigenvalue weighted by atomic mass is 16.2. The highest BCUT2D eigenvalue weighted by Gasteiger charge is 2.19. The summed E-state index contributed by atoms with van der Waals surface area (Å²) in [6, 6.07) is 17.7. The summed E-state index contributed by atoms with van der Waals surface area (Å²) in [5.74, 6) is 0.499. The first-order valence-corrected chi connectivity index (χ1v) is 10.7. The number of benzene rings is 2. The van der Waals surface area contributed by atoms with Crippen LogP contribution in [0.3, 0.4) is 0 Å². The number of hydrogen-bond acceptors (Lipinski definition) is 4. The van der Waals surface area contributed by atoms with Gasteiger partial charge in [-0.05, 0) is 68.9 Å². The Labute approximate surface area is 176 Å². The third kappa shape index (κ3) is 5.13. The molecule has 0 aliphatic carbocycles. The smallest absolute Gasteiger partial charge is 0.287 e.